The van der Waals surface area contributed by atoms with Crippen LogP contribution in [0.2, 0.25) is 0 Å². The Morgan fingerprint density at radius 3 is 2.43 bits per heavy atom. The number of amides is 1. The number of hydrogen-bond acceptors (Lipinski definition) is 6. The number of aromatic nitrogens is 3. The van der Waals surface area contributed by atoms with Gasteiger partial charge in [-0.15, -0.1) is 0 Å². The van der Waals surface area contributed by atoms with Crippen LogP contribution in [0.15, 0.2) is 22.9 Å². The molecule has 0 atom stereocenters. The van der Waals surface area contributed by atoms with Gasteiger partial charge in [-0.2, -0.15) is 18.2 Å². The molecule has 2 rings (SSSR count). The molecular formula is C13H13F3N4O3. The summed E-state index contributed by atoms with van der Waals surface area (Å²) in [6.45, 7) is 5.12. The lowest BCUT2D eigenvalue weighted by Gasteiger charge is -2.19. The van der Waals surface area contributed by atoms with Gasteiger partial charge in [0.25, 0.3) is 0 Å². The average Bonchev–Trinajstić information content (AvgIpc) is 2.86. The number of nitrogens with one attached hydrogen (secondary N) is 1. The van der Waals surface area contributed by atoms with Gasteiger partial charge in [-0.1, -0.05) is 5.16 Å². The van der Waals surface area contributed by atoms with Crippen molar-refractivity contribution in [1.82, 2.24) is 15.1 Å². The Balaban J connectivity index is 2.08. The Hall–Kier alpha value is -2.65. The number of ether oxygens (including phenoxy) is 1. The number of pyridine rings is 1. The normalized spacial score (nSPS) is 12.1. The zero-order valence-corrected chi connectivity index (χ0v) is 12.4. The maximum atomic E-state index is 12.4. The molecule has 0 aliphatic carbocycles. The van der Waals surface area contributed by atoms with Crippen LogP contribution in [0.1, 0.15) is 26.7 Å². The summed E-state index contributed by atoms with van der Waals surface area (Å²) in [5.41, 5.74) is -0.457. The van der Waals surface area contributed by atoms with Crippen molar-refractivity contribution in [2.24, 2.45) is 0 Å². The molecule has 0 spiro atoms. The average molecular weight is 330 g/mol. The number of nitrogens with zero attached hydrogens (tertiary/aromatic N) is 3. The molecule has 0 aliphatic heterocycles. The molecule has 0 saturated heterocycles. The van der Waals surface area contributed by atoms with Gasteiger partial charge >= 0.3 is 18.2 Å². The Bertz CT molecular complexity index is 690. The Morgan fingerprint density at radius 1 is 1.26 bits per heavy atom. The highest BCUT2D eigenvalue weighted by Crippen LogP contribution is 2.29. The first-order valence-electron chi connectivity index (χ1n) is 6.42. The summed E-state index contributed by atoms with van der Waals surface area (Å²) in [5, 5.41) is 5.62. The molecule has 0 saturated carbocycles. The van der Waals surface area contributed by atoms with Crippen LogP contribution in [0.4, 0.5) is 23.8 Å². The second-order valence-corrected chi connectivity index (χ2v) is 5.48. The number of carbonyl (C=O) groups is 1. The van der Waals surface area contributed by atoms with Crippen molar-refractivity contribution in [2.75, 3.05) is 5.32 Å². The zero-order chi connectivity index (χ0) is 17.3. The van der Waals surface area contributed by atoms with Crippen LogP contribution in [0.25, 0.3) is 11.4 Å². The molecular weight excluding hydrogens is 317 g/mol. The Morgan fingerprint density at radius 2 is 1.96 bits per heavy atom. The van der Waals surface area contributed by atoms with E-state index < -0.39 is 23.8 Å². The van der Waals surface area contributed by atoms with Crippen molar-refractivity contribution in [3.8, 4) is 11.4 Å². The van der Waals surface area contributed by atoms with E-state index in [0.717, 1.165) is 0 Å². The summed E-state index contributed by atoms with van der Waals surface area (Å²) < 4.78 is 46.3. The molecule has 0 fully saturated rings. The van der Waals surface area contributed by atoms with Crippen LogP contribution in [-0.2, 0) is 10.9 Å². The molecule has 0 bridgehead atoms. The highest BCUT2D eigenvalue weighted by Gasteiger charge is 2.38. The summed E-state index contributed by atoms with van der Waals surface area (Å²) in [6.07, 6.45) is -4.20. The fourth-order valence-electron chi connectivity index (χ4n) is 1.46. The predicted molar refractivity (Wildman–Crippen MR) is 72.4 cm³/mol. The van der Waals surface area contributed by atoms with E-state index in [2.05, 4.69) is 25.0 Å². The van der Waals surface area contributed by atoms with E-state index in [9.17, 15) is 18.0 Å². The maximum Gasteiger partial charge on any atom is 0.471 e. The molecule has 10 heteroatoms. The number of hydrogen-bond donors (Lipinski definition) is 1. The Labute approximate surface area is 128 Å². The van der Waals surface area contributed by atoms with Crippen molar-refractivity contribution in [3.05, 3.63) is 24.2 Å². The van der Waals surface area contributed by atoms with E-state index >= 15 is 0 Å². The van der Waals surface area contributed by atoms with Crippen LogP contribution in [-0.4, -0.2) is 26.8 Å². The summed E-state index contributed by atoms with van der Waals surface area (Å²) in [5.74, 6) is -1.53. The van der Waals surface area contributed by atoms with Gasteiger partial charge in [0.2, 0.25) is 5.82 Å². The van der Waals surface area contributed by atoms with Crippen molar-refractivity contribution in [1.29, 1.82) is 0 Å². The second kappa shape index (κ2) is 5.86. The zero-order valence-electron chi connectivity index (χ0n) is 12.4. The number of alkyl halides is 3. The van der Waals surface area contributed by atoms with Gasteiger partial charge in [0.05, 0.1) is 0 Å². The molecule has 2 aromatic rings. The van der Waals surface area contributed by atoms with Crippen LogP contribution < -0.4 is 5.32 Å². The number of anilines is 1. The first-order chi connectivity index (χ1) is 10.5. The number of halogens is 3. The highest BCUT2D eigenvalue weighted by atomic mass is 19.4. The topological polar surface area (TPSA) is 90.1 Å². The number of rotatable bonds is 2. The van der Waals surface area contributed by atoms with Crippen molar-refractivity contribution < 1.29 is 27.2 Å². The van der Waals surface area contributed by atoms with Crippen molar-refractivity contribution in [2.45, 2.75) is 32.5 Å². The molecule has 2 heterocycles. The molecule has 7 nitrogen and oxygen atoms in total. The van der Waals surface area contributed by atoms with Gasteiger partial charge < -0.3 is 9.26 Å². The molecule has 0 unspecified atom stereocenters. The van der Waals surface area contributed by atoms with Gasteiger partial charge in [-0.25, -0.2) is 9.78 Å². The molecule has 1 amide bonds. The first kappa shape index (κ1) is 16.7. The van der Waals surface area contributed by atoms with E-state index in [-0.39, 0.29) is 17.2 Å². The minimum Gasteiger partial charge on any atom is -0.444 e. The third-order valence-corrected chi connectivity index (χ3v) is 2.32. The summed E-state index contributed by atoms with van der Waals surface area (Å²) in [6, 6.07) is 2.77. The SMILES string of the molecule is CC(C)(C)OC(=O)Nc1ccc(-c2noc(C(F)(F)F)n2)cn1. The largest absolute Gasteiger partial charge is 0.471 e. The molecule has 124 valence electrons. The number of carbonyl (C=O) groups excluding carboxylic acids is 1. The maximum absolute atomic E-state index is 12.4. The van der Waals surface area contributed by atoms with Crippen LogP contribution in [0, 0.1) is 0 Å². The minimum absolute atomic E-state index is 0.169. The van der Waals surface area contributed by atoms with E-state index in [1.807, 2.05) is 0 Å². The molecule has 0 aromatic carbocycles. The van der Waals surface area contributed by atoms with E-state index in [1.165, 1.54) is 18.3 Å². The molecule has 0 radical (unpaired) electrons. The Kier molecular flexibility index (Phi) is 4.26. The molecule has 23 heavy (non-hydrogen) atoms. The highest BCUT2D eigenvalue weighted by molar-refractivity contribution is 5.83. The lowest BCUT2D eigenvalue weighted by atomic mass is 10.2. The van der Waals surface area contributed by atoms with Gasteiger partial charge in [0.1, 0.15) is 11.4 Å². The molecule has 0 aliphatic rings. The first-order valence-corrected chi connectivity index (χ1v) is 6.42. The second-order valence-electron chi connectivity index (χ2n) is 5.48. The predicted octanol–water partition coefficient (Wildman–Crippen LogP) is 3.50. The van der Waals surface area contributed by atoms with Crippen LogP contribution in [0.3, 0.4) is 0 Å². The van der Waals surface area contributed by atoms with Crippen molar-refractivity contribution >= 4 is 11.9 Å². The van der Waals surface area contributed by atoms with Gasteiger partial charge in [-0.3, -0.25) is 5.32 Å². The van der Waals surface area contributed by atoms with Crippen molar-refractivity contribution in [3.63, 3.8) is 0 Å². The standard InChI is InChI=1S/C13H13F3N4O3/c1-12(2,3)22-11(21)18-8-5-4-7(6-17-8)9-19-10(23-20-9)13(14,15)16/h4-6H,1-3H3,(H,17,18,21). The van der Waals surface area contributed by atoms with Gasteiger partial charge in [-0.05, 0) is 32.9 Å². The molecule has 2 aromatic heterocycles. The lowest BCUT2D eigenvalue weighted by molar-refractivity contribution is -0.159. The summed E-state index contributed by atoms with van der Waals surface area (Å²) in [7, 11) is 0. The summed E-state index contributed by atoms with van der Waals surface area (Å²) >= 11 is 0. The van der Waals surface area contributed by atoms with Gasteiger partial charge in [0, 0.05) is 11.8 Å². The van der Waals surface area contributed by atoms with Gasteiger partial charge in [0.15, 0.2) is 0 Å². The quantitative estimate of drug-likeness (QED) is 0.906. The minimum atomic E-state index is -4.71. The van der Waals surface area contributed by atoms with E-state index in [1.54, 1.807) is 20.8 Å². The van der Waals surface area contributed by atoms with E-state index in [0.29, 0.717) is 0 Å². The summed E-state index contributed by atoms with van der Waals surface area (Å²) in [4.78, 5) is 18.7. The fraction of sp³-hybridized carbons (Fsp3) is 0.385. The van der Waals surface area contributed by atoms with Crippen LogP contribution in [0.5, 0.6) is 0 Å². The lowest BCUT2D eigenvalue weighted by Crippen LogP contribution is -2.27. The third kappa shape index (κ3) is 4.66. The fourth-order valence-corrected chi connectivity index (χ4v) is 1.46. The smallest absolute Gasteiger partial charge is 0.444 e. The van der Waals surface area contributed by atoms with E-state index in [4.69, 9.17) is 4.74 Å². The van der Waals surface area contributed by atoms with Crippen LogP contribution >= 0.6 is 0 Å². The third-order valence-electron chi connectivity index (χ3n) is 2.32. The molecule has 1 N–H and O–H groups in total. The monoisotopic (exact) mass is 330 g/mol.